The summed E-state index contributed by atoms with van der Waals surface area (Å²) in [5, 5.41) is 11.3. The van der Waals surface area contributed by atoms with Gasteiger partial charge < -0.3 is 0 Å². The first-order valence-corrected chi connectivity index (χ1v) is 9.15. The van der Waals surface area contributed by atoms with Crippen molar-refractivity contribution in [2.45, 2.75) is 24.3 Å². The summed E-state index contributed by atoms with van der Waals surface area (Å²) < 4.78 is 1.00. The predicted octanol–water partition coefficient (Wildman–Crippen LogP) is 4.55. The summed E-state index contributed by atoms with van der Waals surface area (Å²) in [5.74, 6) is 1.57. The van der Waals surface area contributed by atoms with Gasteiger partial charge in [-0.1, -0.05) is 52.8 Å². The molecule has 7 heteroatoms. The van der Waals surface area contributed by atoms with E-state index in [1.807, 2.05) is 24.3 Å². The topological polar surface area (TPSA) is 54.5 Å². The highest BCUT2D eigenvalue weighted by atomic mass is 79.9. The zero-order valence-electron chi connectivity index (χ0n) is 11.3. The van der Waals surface area contributed by atoms with E-state index in [2.05, 4.69) is 48.4 Å². The van der Waals surface area contributed by atoms with Crippen molar-refractivity contribution in [3.63, 3.8) is 0 Å². The lowest BCUT2D eigenvalue weighted by atomic mass is 10.2. The molecule has 0 bridgehead atoms. The van der Waals surface area contributed by atoms with E-state index in [1.165, 1.54) is 5.01 Å². The number of H-pyrrole nitrogens is 1. The van der Waals surface area contributed by atoms with Gasteiger partial charge in [0.1, 0.15) is 0 Å². The van der Waals surface area contributed by atoms with Gasteiger partial charge in [-0.3, -0.25) is 5.10 Å². The minimum Gasteiger partial charge on any atom is -0.258 e. The number of thioether (sulfide) groups is 1. The van der Waals surface area contributed by atoms with Crippen LogP contribution in [-0.2, 0) is 12.2 Å². The molecule has 2 heterocycles. The van der Waals surface area contributed by atoms with Crippen molar-refractivity contribution in [2.75, 3.05) is 0 Å². The average molecular weight is 381 g/mol. The number of hydrogen-bond acceptors (Lipinski definition) is 5. The quantitative estimate of drug-likeness (QED) is 0.659. The van der Waals surface area contributed by atoms with Crippen molar-refractivity contribution in [1.82, 2.24) is 20.2 Å². The maximum absolute atomic E-state index is 4.55. The lowest BCUT2D eigenvalue weighted by molar-refractivity contribution is 0.971. The minimum atomic E-state index is 0.742. The second-order valence-electron chi connectivity index (χ2n) is 4.32. The van der Waals surface area contributed by atoms with Crippen LogP contribution in [-0.4, -0.2) is 20.2 Å². The van der Waals surface area contributed by atoms with Crippen LogP contribution in [0.25, 0.3) is 11.4 Å². The smallest absolute Gasteiger partial charge is 0.209 e. The zero-order valence-corrected chi connectivity index (χ0v) is 14.6. The summed E-state index contributed by atoms with van der Waals surface area (Å²) in [6, 6.07) is 7.96. The highest BCUT2D eigenvalue weighted by molar-refractivity contribution is 9.10. The third kappa shape index (κ3) is 3.53. The molecule has 4 nitrogen and oxygen atoms in total. The summed E-state index contributed by atoms with van der Waals surface area (Å²) in [6.07, 6.45) is 0.988. The van der Waals surface area contributed by atoms with Gasteiger partial charge in [0.2, 0.25) is 5.16 Å². The molecule has 0 saturated carbocycles. The van der Waals surface area contributed by atoms with Crippen LogP contribution in [0.5, 0.6) is 0 Å². The second-order valence-corrected chi connectivity index (χ2v) is 7.06. The summed E-state index contributed by atoms with van der Waals surface area (Å²) in [5.41, 5.74) is 2.10. The fourth-order valence-corrected chi connectivity index (χ4v) is 3.81. The lowest BCUT2D eigenvalue weighted by Gasteiger charge is -1.98. The fraction of sp³-hybridized carbons (Fsp3) is 0.214. The normalized spacial score (nSPS) is 11.0. The molecule has 0 spiro atoms. The number of halogens is 1. The number of hydrogen-bond donors (Lipinski definition) is 1. The van der Waals surface area contributed by atoms with Crippen LogP contribution < -0.4 is 0 Å². The highest BCUT2D eigenvalue weighted by Gasteiger charge is 2.09. The van der Waals surface area contributed by atoms with E-state index in [-0.39, 0.29) is 0 Å². The number of aromatic nitrogens is 4. The van der Waals surface area contributed by atoms with Gasteiger partial charge in [0, 0.05) is 21.2 Å². The lowest BCUT2D eigenvalue weighted by Crippen LogP contribution is -1.84. The van der Waals surface area contributed by atoms with E-state index in [4.69, 9.17) is 0 Å². The average Bonchev–Trinajstić information content (AvgIpc) is 3.14. The maximum atomic E-state index is 4.55. The van der Waals surface area contributed by atoms with Crippen molar-refractivity contribution in [3.8, 4) is 11.4 Å². The summed E-state index contributed by atoms with van der Waals surface area (Å²) >= 11 is 6.83. The molecule has 0 radical (unpaired) electrons. The molecule has 3 rings (SSSR count). The van der Waals surface area contributed by atoms with Gasteiger partial charge in [0.05, 0.1) is 10.7 Å². The SMILES string of the molecule is CCc1nc(CSc2n[nH]c(-c3ccccc3Br)n2)cs1. The molecule has 108 valence electrons. The predicted molar refractivity (Wildman–Crippen MR) is 90.6 cm³/mol. The number of nitrogens with one attached hydrogen (secondary N) is 1. The van der Waals surface area contributed by atoms with Gasteiger partial charge >= 0.3 is 0 Å². The van der Waals surface area contributed by atoms with Crippen LogP contribution in [0, 0.1) is 0 Å². The van der Waals surface area contributed by atoms with E-state index in [1.54, 1.807) is 23.1 Å². The molecule has 0 aliphatic heterocycles. The Morgan fingerprint density at radius 1 is 1.29 bits per heavy atom. The number of aromatic amines is 1. The van der Waals surface area contributed by atoms with Crippen LogP contribution >= 0.6 is 39.0 Å². The number of nitrogens with zero attached hydrogens (tertiary/aromatic N) is 3. The Kier molecular flexibility index (Phi) is 4.72. The summed E-state index contributed by atoms with van der Waals surface area (Å²) in [7, 11) is 0. The monoisotopic (exact) mass is 380 g/mol. The van der Waals surface area contributed by atoms with E-state index in [0.29, 0.717) is 0 Å². The molecule has 0 saturated heterocycles. The Labute approximate surface area is 139 Å². The molecule has 21 heavy (non-hydrogen) atoms. The molecule has 0 fully saturated rings. The standard InChI is InChI=1S/C14H13BrN4S2/c1-2-12-16-9(7-20-12)8-21-14-17-13(18-19-14)10-5-3-4-6-11(10)15/h3-7H,2,8H2,1H3,(H,17,18,19). The van der Waals surface area contributed by atoms with E-state index >= 15 is 0 Å². The molecule has 0 aliphatic carbocycles. The van der Waals surface area contributed by atoms with Gasteiger partial charge in [-0.25, -0.2) is 9.97 Å². The fourth-order valence-electron chi connectivity index (χ4n) is 1.80. The third-order valence-electron chi connectivity index (χ3n) is 2.84. The van der Waals surface area contributed by atoms with Crippen LogP contribution in [0.15, 0.2) is 39.3 Å². The molecule has 1 N–H and O–H groups in total. The Balaban J connectivity index is 1.69. The second kappa shape index (κ2) is 6.72. The van der Waals surface area contributed by atoms with E-state index in [9.17, 15) is 0 Å². The number of aryl methyl sites for hydroxylation is 1. The maximum Gasteiger partial charge on any atom is 0.209 e. The van der Waals surface area contributed by atoms with Gasteiger partial charge in [-0.15, -0.1) is 16.4 Å². The van der Waals surface area contributed by atoms with Crippen LogP contribution in [0.2, 0.25) is 0 Å². The molecular weight excluding hydrogens is 368 g/mol. The van der Waals surface area contributed by atoms with Gasteiger partial charge in [-0.05, 0) is 12.5 Å². The van der Waals surface area contributed by atoms with Crippen LogP contribution in [0.1, 0.15) is 17.6 Å². The Hall–Kier alpha value is -1.18. The molecule has 2 aromatic heterocycles. The molecule has 0 aliphatic rings. The third-order valence-corrected chi connectivity index (χ3v) is 5.46. The minimum absolute atomic E-state index is 0.742. The molecule has 0 amide bonds. The molecular formula is C14H13BrN4S2. The van der Waals surface area contributed by atoms with Crippen molar-refractivity contribution >= 4 is 39.0 Å². The van der Waals surface area contributed by atoms with Crippen molar-refractivity contribution in [1.29, 1.82) is 0 Å². The molecule has 1 aromatic carbocycles. The highest BCUT2D eigenvalue weighted by Crippen LogP contribution is 2.27. The first-order valence-electron chi connectivity index (χ1n) is 6.49. The number of thiazole rings is 1. The van der Waals surface area contributed by atoms with Gasteiger partial charge in [-0.2, -0.15) is 0 Å². The van der Waals surface area contributed by atoms with Crippen molar-refractivity contribution < 1.29 is 0 Å². The zero-order chi connectivity index (χ0) is 14.7. The van der Waals surface area contributed by atoms with Crippen molar-refractivity contribution in [3.05, 3.63) is 44.8 Å². The first kappa shape index (κ1) is 14.7. The van der Waals surface area contributed by atoms with Crippen LogP contribution in [0.4, 0.5) is 0 Å². The van der Waals surface area contributed by atoms with Gasteiger partial charge in [0.25, 0.3) is 0 Å². The largest absolute Gasteiger partial charge is 0.258 e. The number of rotatable bonds is 5. The number of benzene rings is 1. The first-order chi connectivity index (χ1) is 10.3. The van der Waals surface area contributed by atoms with Crippen LogP contribution in [0.3, 0.4) is 0 Å². The molecule has 0 atom stereocenters. The van der Waals surface area contributed by atoms with Crippen molar-refractivity contribution in [2.24, 2.45) is 0 Å². The Bertz CT molecular complexity index is 738. The molecule has 3 aromatic rings. The Morgan fingerprint density at radius 3 is 2.90 bits per heavy atom. The Morgan fingerprint density at radius 2 is 2.14 bits per heavy atom. The summed E-state index contributed by atoms with van der Waals surface area (Å²) in [6.45, 7) is 2.12. The molecule has 0 unspecified atom stereocenters. The summed E-state index contributed by atoms with van der Waals surface area (Å²) in [4.78, 5) is 9.07. The van der Waals surface area contributed by atoms with E-state index < -0.39 is 0 Å². The van der Waals surface area contributed by atoms with Gasteiger partial charge in [0.15, 0.2) is 5.82 Å². The van der Waals surface area contributed by atoms with E-state index in [0.717, 1.165) is 38.9 Å².